The zero-order valence-electron chi connectivity index (χ0n) is 12.7. The second kappa shape index (κ2) is 7.30. The van der Waals surface area contributed by atoms with Crippen molar-refractivity contribution in [3.8, 4) is 0 Å². The number of nitrogens with one attached hydrogen (secondary N) is 1. The number of nitrogens with zero attached hydrogens (tertiary/aromatic N) is 1. The maximum atomic E-state index is 6.36. The highest BCUT2D eigenvalue weighted by Crippen LogP contribution is 2.29. The Balaban J connectivity index is 1.85. The first kappa shape index (κ1) is 15.6. The van der Waals surface area contributed by atoms with Crippen molar-refractivity contribution in [2.45, 2.75) is 25.8 Å². The molecule has 112 valence electrons. The first-order chi connectivity index (χ1) is 9.61. The van der Waals surface area contributed by atoms with E-state index in [0.29, 0.717) is 0 Å². The van der Waals surface area contributed by atoms with Crippen LogP contribution in [-0.2, 0) is 4.74 Å². The molecule has 1 unspecified atom stereocenters. The summed E-state index contributed by atoms with van der Waals surface area (Å²) in [7, 11) is 4.02. The van der Waals surface area contributed by atoms with Gasteiger partial charge in [0, 0.05) is 37.0 Å². The highest BCUT2D eigenvalue weighted by molar-refractivity contribution is 6.31. The van der Waals surface area contributed by atoms with Crippen LogP contribution >= 0.6 is 11.6 Å². The smallest absolute Gasteiger partial charge is 0.0641 e. The van der Waals surface area contributed by atoms with Crippen LogP contribution in [-0.4, -0.2) is 33.9 Å². The fourth-order valence-corrected chi connectivity index (χ4v) is 2.46. The molecule has 20 heavy (non-hydrogen) atoms. The van der Waals surface area contributed by atoms with Crippen molar-refractivity contribution in [2.24, 2.45) is 5.92 Å². The highest BCUT2D eigenvalue weighted by atomic mass is 35.5. The van der Waals surface area contributed by atoms with Gasteiger partial charge < -0.3 is 15.0 Å². The topological polar surface area (TPSA) is 24.5 Å². The molecule has 3 nitrogen and oxygen atoms in total. The summed E-state index contributed by atoms with van der Waals surface area (Å²) in [5, 5.41) is 4.03. The van der Waals surface area contributed by atoms with Gasteiger partial charge in [0.2, 0.25) is 0 Å². The summed E-state index contributed by atoms with van der Waals surface area (Å²) < 4.78 is 5.67. The second-order valence-electron chi connectivity index (χ2n) is 5.66. The van der Waals surface area contributed by atoms with Crippen LogP contribution in [0.5, 0.6) is 0 Å². The molecule has 0 heterocycles. The van der Waals surface area contributed by atoms with Crippen molar-refractivity contribution >= 4 is 17.3 Å². The van der Waals surface area contributed by atoms with Gasteiger partial charge in [-0.25, -0.2) is 0 Å². The van der Waals surface area contributed by atoms with Crippen molar-refractivity contribution in [1.29, 1.82) is 0 Å². The minimum atomic E-state index is 0.267. The van der Waals surface area contributed by atoms with Gasteiger partial charge in [-0.15, -0.1) is 0 Å². The van der Waals surface area contributed by atoms with Crippen LogP contribution in [0.3, 0.4) is 0 Å². The van der Waals surface area contributed by atoms with E-state index in [1.54, 1.807) is 0 Å². The number of halogens is 1. The fourth-order valence-electron chi connectivity index (χ4n) is 2.13. The van der Waals surface area contributed by atoms with Crippen molar-refractivity contribution in [2.75, 3.05) is 38.8 Å². The molecule has 0 aromatic heterocycles. The van der Waals surface area contributed by atoms with Gasteiger partial charge in [-0.1, -0.05) is 17.7 Å². The molecule has 0 aliphatic heterocycles. The first-order valence-corrected chi connectivity index (χ1v) is 7.75. The van der Waals surface area contributed by atoms with E-state index in [4.69, 9.17) is 16.3 Å². The number of benzene rings is 1. The molecule has 1 aromatic rings. The van der Waals surface area contributed by atoms with E-state index < -0.39 is 0 Å². The van der Waals surface area contributed by atoms with Crippen molar-refractivity contribution < 1.29 is 4.74 Å². The van der Waals surface area contributed by atoms with E-state index in [-0.39, 0.29) is 6.04 Å². The Morgan fingerprint density at radius 2 is 2.20 bits per heavy atom. The molecular weight excluding hydrogens is 272 g/mol. The van der Waals surface area contributed by atoms with Gasteiger partial charge in [0.05, 0.1) is 6.61 Å². The normalized spacial score (nSPS) is 16.2. The quantitative estimate of drug-likeness (QED) is 0.743. The zero-order chi connectivity index (χ0) is 14.5. The lowest BCUT2D eigenvalue weighted by Crippen LogP contribution is -2.23. The summed E-state index contributed by atoms with van der Waals surface area (Å²) in [5.41, 5.74) is 2.27. The molecule has 1 aliphatic carbocycles. The van der Waals surface area contributed by atoms with E-state index in [1.165, 1.54) is 12.8 Å². The van der Waals surface area contributed by atoms with Gasteiger partial charge in [-0.3, -0.25) is 0 Å². The van der Waals surface area contributed by atoms with E-state index in [0.717, 1.165) is 41.9 Å². The van der Waals surface area contributed by atoms with E-state index >= 15 is 0 Å². The Labute approximate surface area is 127 Å². The lowest BCUT2D eigenvalue weighted by Gasteiger charge is -2.21. The van der Waals surface area contributed by atoms with Crippen LogP contribution in [0.25, 0.3) is 0 Å². The minimum absolute atomic E-state index is 0.267. The predicted molar refractivity (Wildman–Crippen MR) is 85.7 cm³/mol. The third kappa shape index (κ3) is 4.37. The molecule has 0 amide bonds. The van der Waals surface area contributed by atoms with Gasteiger partial charge in [0.25, 0.3) is 0 Å². The van der Waals surface area contributed by atoms with Gasteiger partial charge >= 0.3 is 0 Å². The molecule has 1 saturated carbocycles. The maximum absolute atomic E-state index is 6.36. The number of likely N-dealkylation sites (N-methyl/N-ethyl adjacent to an activating group) is 1. The van der Waals surface area contributed by atoms with Crippen LogP contribution < -0.4 is 10.2 Å². The zero-order valence-corrected chi connectivity index (χ0v) is 13.4. The molecule has 1 N–H and O–H groups in total. The van der Waals surface area contributed by atoms with E-state index in [1.807, 2.05) is 13.1 Å². The van der Waals surface area contributed by atoms with Crippen LogP contribution in [0.4, 0.5) is 5.69 Å². The molecule has 0 radical (unpaired) electrons. The maximum Gasteiger partial charge on any atom is 0.0641 e. The molecule has 1 aliphatic rings. The molecule has 0 spiro atoms. The number of rotatable bonds is 8. The van der Waals surface area contributed by atoms with Crippen LogP contribution in [0, 0.1) is 5.92 Å². The Kier molecular flexibility index (Phi) is 5.70. The molecule has 1 aromatic carbocycles. The number of ether oxygens (including phenoxy) is 1. The highest BCUT2D eigenvalue weighted by Gasteiger charge is 2.21. The Hall–Kier alpha value is -0.770. The molecular formula is C16H25ClN2O. The van der Waals surface area contributed by atoms with Gasteiger partial charge in [-0.05, 0) is 50.4 Å². The molecule has 0 bridgehead atoms. The predicted octanol–water partition coefficient (Wildman–Crippen LogP) is 3.48. The van der Waals surface area contributed by atoms with Crippen LogP contribution in [0.15, 0.2) is 18.2 Å². The van der Waals surface area contributed by atoms with E-state index in [2.05, 4.69) is 36.3 Å². The van der Waals surface area contributed by atoms with Gasteiger partial charge in [0.15, 0.2) is 0 Å². The summed E-state index contributed by atoms with van der Waals surface area (Å²) >= 11 is 6.36. The monoisotopic (exact) mass is 296 g/mol. The van der Waals surface area contributed by atoms with Crippen LogP contribution in [0.2, 0.25) is 5.02 Å². The summed E-state index contributed by atoms with van der Waals surface area (Å²) in [4.78, 5) is 2.19. The number of hydrogen-bond donors (Lipinski definition) is 1. The standard InChI is InChI=1S/C16H25ClN2O/c1-12(18-2)15-7-6-14(10-16(15)17)19(3)8-9-20-11-13-4-5-13/h6-7,10,12-13,18H,4-5,8-9,11H2,1-3H3. The Morgan fingerprint density at radius 3 is 2.80 bits per heavy atom. The Bertz CT molecular complexity index is 434. The SMILES string of the molecule is CNC(C)c1ccc(N(C)CCOCC2CC2)cc1Cl. The lowest BCUT2D eigenvalue weighted by atomic mass is 10.1. The lowest BCUT2D eigenvalue weighted by molar-refractivity contribution is 0.131. The summed E-state index contributed by atoms with van der Waals surface area (Å²) in [6.07, 6.45) is 2.69. The largest absolute Gasteiger partial charge is 0.379 e. The first-order valence-electron chi connectivity index (χ1n) is 7.37. The summed E-state index contributed by atoms with van der Waals surface area (Å²) in [6, 6.07) is 6.52. The minimum Gasteiger partial charge on any atom is -0.379 e. The number of anilines is 1. The fraction of sp³-hybridized carbons (Fsp3) is 0.625. The van der Waals surface area contributed by atoms with Gasteiger partial charge in [-0.2, -0.15) is 0 Å². The van der Waals surface area contributed by atoms with Crippen molar-refractivity contribution in [3.63, 3.8) is 0 Å². The number of hydrogen-bond acceptors (Lipinski definition) is 3. The Morgan fingerprint density at radius 1 is 1.45 bits per heavy atom. The average Bonchev–Trinajstić information content (AvgIpc) is 3.26. The molecule has 1 fully saturated rings. The molecule has 0 saturated heterocycles. The molecule has 4 heteroatoms. The van der Waals surface area contributed by atoms with Crippen LogP contribution in [0.1, 0.15) is 31.4 Å². The van der Waals surface area contributed by atoms with Gasteiger partial charge in [0.1, 0.15) is 0 Å². The van der Waals surface area contributed by atoms with Crippen molar-refractivity contribution in [3.05, 3.63) is 28.8 Å². The molecule has 2 rings (SSSR count). The summed E-state index contributed by atoms with van der Waals surface area (Å²) in [5.74, 6) is 0.831. The van der Waals surface area contributed by atoms with Crippen molar-refractivity contribution in [1.82, 2.24) is 5.32 Å². The second-order valence-corrected chi connectivity index (χ2v) is 6.06. The average molecular weight is 297 g/mol. The van der Waals surface area contributed by atoms with E-state index in [9.17, 15) is 0 Å². The summed E-state index contributed by atoms with van der Waals surface area (Å²) in [6.45, 7) is 4.70. The third-order valence-corrected chi connectivity index (χ3v) is 4.27. The molecule has 1 atom stereocenters. The third-order valence-electron chi connectivity index (χ3n) is 3.95.